The van der Waals surface area contributed by atoms with Crippen molar-refractivity contribution >= 4 is 17.5 Å². The predicted octanol–water partition coefficient (Wildman–Crippen LogP) is 2.17. The van der Waals surface area contributed by atoms with Crippen molar-refractivity contribution in [2.45, 2.75) is 32.3 Å². The number of rotatable bonds is 7. The summed E-state index contributed by atoms with van der Waals surface area (Å²) in [6.07, 6.45) is 1.11. The average molecular weight is 286 g/mol. The largest absolute Gasteiger partial charge is 0.496 e. The molecule has 0 aliphatic heterocycles. The fourth-order valence-corrected chi connectivity index (χ4v) is 1.90. The van der Waals surface area contributed by atoms with Gasteiger partial charge in [-0.3, -0.25) is 4.79 Å². The molecule has 1 aromatic rings. The Morgan fingerprint density at radius 1 is 1.53 bits per heavy atom. The topological polar surface area (TPSA) is 58.6 Å². The summed E-state index contributed by atoms with van der Waals surface area (Å²) in [7, 11) is 1.56. The van der Waals surface area contributed by atoms with Crippen molar-refractivity contribution in [2.24, 2.45) is 0 Å². The lowest BCUT2D eigenvalue weighted by Gasteiger charge is -2.11. The molecule has 5 heteroatoms. The van der Waals surface area contributed by atoms with E-state index in [9.17, 15) is 9.90 Å². The molecule has 0 bridgehead atoms. The first kappa shape index (κ1) is 15.8. The van der Waals surface area contributed by atoms with Crippen LogP contribution >= 0.6 is 11.6 Å². The van der Waals surface area contributed by atoms with E-state index in [0.29, 0.717) is 30.2 Å². The Morgan fingerprint density at radius 3 is 2.89 bits per heavy atom. The highest BCUT2D eigenvalue weighted by molar-refractivity contribution is 6.30. The van der Waals surface area contributed by atoms with Crippen molar-refractivity contribution in [1.82, 2.24) is 5.32 Å². The number of nitrogens with one attached hydrogen (secondary N) is 1. The number of carbonyl (C=O) groups is 1. The van der Waals surface area contributed by atoms with Gasteiger partial charge in [0.25, 0.3) is 0 Å². The zero-order valence-electron chi connectivity index (χ0n) is 11.3. The minimum absolute atomic E-state index is 0.108. The Balaban J connectivity index is 2.50. The van der Waals surface area contributed by atoms with Gasteiger partial charge in [0.2, 0.25) is 5.91 Å². The van der Waals surface area contributed by atoms with Gasteiger partial charge in [0, 0.05) is 17.1 Å². The number of benzene rings is 1. The summed E-state index contributed by atoms with van der Waals surface area (Å²) in [5.74, 6) is 0.539. The highest BCUT2D eigenvalue weighted by Crippen LogP contribution is 2.22. The molecule has 19 heavy (non-hydrogen) atoms. The number of carbonyl (C=O) groups excluding carboxylic acids is 1. The second-order valence-electron chi connectivity index (χ2n) is 4.33. The second-order valence-corrected chi connectivity index (χ2v) is 4.77. The van der Waals surface area contributed by atoms with Crippen LogP contribution in [0.4, 0.5) is 0 Å². The van der Waals surface area contributed by atoms with Gasteiger partial charge in [-0.25, -0.2) is 0 Å². The standard InChI is InChI=1S/C14H20ClNO3/c1-3-12(17)6-7-16-14(18)9-10-8-11(15)4-5-13(10)19-2/h4-5,8,12,17H,3,6-7,9H2,1-2H3,(H,16,18). The fourth-order valence-electron chi connectivity index (χ4n) is 1.70. The van der Waals surface area contributed by atoms with E-state index in [2.05, 4.69) is 5.32 Å². The molecular formula is C14H20ClNO3. The van der Waals surface area contributed by atoms with Gasteiger partial charge in [0.15, 0.2) is 0 Å². The summed E-state index contributed by atoms with van der Waals surface area (Å²) in [5, 5.41) is 12.7. The number of amides is 1. The third kappa shape index (κ3) is 5.49. The molecule has 0 saturated heterocycles. The highest BCUT2D eigenvalue weighted by Gasteiger charge is 2.09. The molecular weight excluding hydrogens is 266 g/mol. The van der Waals surface area contributed by atoms with E-state index in [0.717, 1.165) is 5.56 Å². The van der Waals surface area contributed by atoms with Gasteiger partial charge in [-0.1, -0.05) is 18.5 Å². The molecule has 106 valence electrons. The van der Waals surface area contributed by atoms with E-state index >= 15 is 0 Å². The Bertz CT molecular complexity index is 423. The number of hydrogen-bond donors (Lipinski definition) is 2. The second kappa shape index (κ2) is 8.02. The van der Waals surface area contributed by atoms with Gasteiger partial charge in [-0.2, -0.15) is 0 Å². The number of hydrogen-bond acceptors (Lipinski definition) is 3. The van der Waals surface area contributed by atoms with E-state index in [1.54, 1.807) is 25.3 Å². The third-order valence-corrected chi connectivity index (χ3v) is 3.10. The van der Waals surface area contributed by atoms with Gasteiger partial charge in [-0.15, -0.1) is 0 Å². The molecule has 4 nitrogen and oxygen atoms in total. The fraction of sp³-hybridized carbons (Fsp3) is 0.500. The predicted molar refractivity (Wildman–Crippen MR) is 75.6 cm³/mol. The average Bonchev–Trinajstić information content (AvgIpc) is 2.38. The Hall–Kier alpha value is -1.26. The summed E-state index contributed by atoms with van der Waals surface area (Å²) in [4.78, 5) is 11.8. The summed E-state index contributed by atoms with van der Waals surface area (Å²) >= 11 is 5.90. The van der Waals surface area contributed by atoms with E-state index < -0.39 is 0 Å². The maximum absolute atomic E-state index is 11.8. The van der Waals surface area contributed by atoms with Crippen molar-refractivity contribution in [3.05, 3.63) is 28.8 Å². The van der Waals surface area contributed by atoms with Crippen LogP contribution in [0, 0.1) is 0 Å². The van der Waals surface area contributed by atoms with E-state index in [4.69, 9.17) is 16.3 Å². The van der Waals surface area contributed by atoms with E-state index in [1.807, 2.05) is 6.92 Å². The first-order chi connectivity index (χ1) is 9.06. The Morgan fingerprint density at radius 2 is 2.26 bits per heavy atom. The molecule has 0 aliphatic rings. The molecule has 0 aromatic heterocycles. The lowest BCUT2D eigenvalue weighted by atomic mass is 10.1. The molecule has 1 unspecified atom stereocenters. The smallest absolute Gasteiger partial charge is 0.224 e. The number of halogens is 1. The number of aliphatic hydroxyl groups excluding tert-OH is 1. The quantitative estimate of drug-likeness (QED) is 0.807. The van der Waals surface area contributed by atoms with Crippen molar-refractivity contribution < 1.29 is 14.6 Å². The normalized spacial score (nSPS) is 12.0. The molecule has 0 radical (unpaired) electrons. The Kier molecular flexibility index (Phi) is 6.67. The van der Waals surface area contributed by atoms with E-state index in [1.165, 1.54) is 0 Å². The van der Waals surface area contributed by atoms with Crippen LogP contribution in [0.3, 0.4) is 0 Å². The lowest BCUT2D eigenvalue weighted by molar-refractivity contribution is -0.120. The molecule has 1 rings (SSSR count). The molecule has 0 aliphatic carbocycles. The van der Waals surface area contributed by atoms with Gasteiger partial charge in [-0.05, 0) is 31.0 Å². The number of methoxy groups -OCH3 is 1. The van der Waals surface area contributed by atoms with Crippen LogP contribution in [0.2, 0.25) is 5.02 Å². The summed E-state index contributed by atoms with van der Waals surface area (Å²) in [6, 6.07) is 5.19. The van der Waals surface area contributed by atoms with Crippen molar-refractivity contribution in [1.29, 1.82) is 0 Å². The van der Waals surface area contributed by atoms with Crippen LogP contribution in [0.25, 0.3) is 0 Å². The first-order valence-corrected chi connectivity index (χ1v) is 6.71. The molecule has 0 spiro atoms. The van der Waals surface area contributed by atoms with Crippen molar-refractivity contribution in [2.75, 3.05) is 13.7 Å². The SMILES string of the molecule is CCC(O)CCNC(=O)Cc1cc(Cl)ccc1OC. The summed E-state index contributed by atoms with van der Waals surface area (Å²) in [6.45, 7) is 2.38. The van der Waals surface area contributed by atoms with Crippen LogP contribution in [-0.2, 0) is 11.2 Å². The number of ether oxygens (including phenoxy) is 1. The molecule has 0 fully saturated rings. The van der Waals surface area contributed by atoms with Crippen LogP contribution in [0.1, 0.15) is 25.3 Å². The maximum atomic E-state index is 11.8. The van der Waals surface area contributed by atoms with Crippen LogP contribution in [0.15, 0.2) is 18.2 Å². The van der Waals surface area contributed by atoms with Gasteiger partial charge in [0.1, 0.15) is 5.75 Å². The van der Waals surface area contributed by atoms with Crippen LogP contribution in [0.5, 0.6) is 5.75 Å². The zero-order valence-corrected chi connectivity index (χ0v) is 12.0. The molecule has 1 aromatic carbocycles. The molecule has 1 atom stereocenters. The first-order valence-electron chi connectivity index (χ1n) is 6.34. The van der Waals surface area contributed by atoms with Crippen molar-refractivity contribution in [3.8, 4) is 5.75 Å². The van der Waals surface area contributed by atoms with E-state index in [-0.39, 0.29) is 18.4 Å². The monoisotopic (exact) mass is 285 g/mol. The molecule has 0 heterocycles. The molecule has 0 saturated carbocycles. The third-order valence-electron chi connectivity index (χ3n) is 2.86. The minimum atomic E-state index is -0.360. The number of aliphatic hydroxyl groups is 1. The van der Waals surface area contributed by atoms with Crippen LogP contribution < -0.4 is 10.1 Å². The minimum Gasteiger partial charge on any atom is -0.496 e. The maximum Gasteiger partial charge on any atom is 0.224 e. The molecule has 2 N–H and O–H groups in total. The zero-order chi connectivity index (χ0) is 14.3. The Labute approximate surface area is 118 Å². The van der Waals surface area contributed by atoms with Crippen LogP contribution in [-0.4, -0.2) is 30.8 Å². The summed E-state index contributed by atoms with van der Waals surface area (Å²) < 4.78 is 5.18. The highest BCUT2D eigenvalue weighted by atomic mass is 35.5. The van der Waals surface area contributed by atoms with Gasteiger partial charge < -0.3 is 15.2 Å². The lowest BCUT2D eigenvalue weighted by Crippen LogP contribution is -2.28. The summed E-state index contributed by atoms with van der Waals surface area (Å²) in [5.41, 5.74) is 0.753. The molecule has 1 amide bonds. The van der Waals surface area contributed by atoms with Gasteiger partial charge >= 0.3 is 0 Å². The van der Waals surface area contributed by atoms with Gasteiger partial charge in [0.05, 0.1) is 19.6 Å². The van der Waals surface area contributed by atoms with Crippen molar-refractivity contribution in [3.63, 3.8) is 0 Å².